The minimum absolute atomic E-state index is 0.273. The van der Waals surface area contributed by atoms with Crippen molar-refractivity contribution in [2.75, 3.05) is 13.1 Å². The summed E-state index contributed by atoms with van der Waals surface area (Å²) in [6.45, 7) is 6.73. The summed E-state index contributed by atoms with van der Waals surface area (Å²) >= 11 is 0. The second-order valence-corrected chi connectivity index (χ2v) is 7.08. The van der Waals surface area contributed by atoms with Gasteiger partial charge in [0.1, 0.15) is 0 Å². The number of nitrogens with two attached hydrogens (primary N) is 1. The number of rotatable bonds is 7. The van der Waals surface area contributed by atoms with Crippen molar-refractivity contribution in [2.45, 2.75) is 70.8 Å². The summed E-state index contributed by atoms with van der Waals surface area (Å²) in [6.07, 6.45) is 11.1. The first-order chi connectivity index (χ1) is 8.65. The quantitative estimate of drug-likeness (QED) is 0.682. The molecule has 0 aliphatic heterocycles. The van der Waals surface area contributed by atoms with Gasteiger partial charge < -0.3 is 11.1 Å². The predicted molar refractivity (Wildman–Crippen MR) is 78.5 cm³/mol. The van der Waals surface area contributed by atoms with Gasteiger partial charge >= 0.3 is 0 Å². The summed E-state index contributed by atoms with van der Waals surface area (Å²) in [4.78, 5) is 0. The van der Waals surface area contributed by atoms with E-state index >= 15 is 0 Å². The first kappa shape index (κ1) is 14.3. The van der Waals surface area contributed by atoms with Gasteiger partial charge in [-0.2, -0.15) is 0 Å². The molecular weight excluding hydrogens is 220 g/mol. The lowest BCUT2D eigenvalue weighted by molar-refractivity contribution is 0.165. The van der Waals surface area contributed by atoms with E-state index in [-0.39, 0.29) is 5.54 Å². The first-order valence-corrected chi connectivity index (χ1v) is 8.10. The lowest BCUT2D eigenvalue weighted by atomic mass is 9.73. The molecule has 2 heteroatoms. The molecule has 3 N–H and O–H groups in total. The SMILES string of the molecule is CC(C)C1CCC(CN)(NCCCC2CC2)CC1. The molecule has 2 saturated carbocycles. The van der Waals surface area contributed by atoms with Crippen LogP contribution in [0.25, 0.3) is 0 Å². The zero-order valence-corrected chi connectivity index (χ0v) is 12.4. The molecule has 2 rings (SSSR count). The third-order valence-corrected chi connectivity index (χ3v) is 5.31. The Morgan fingerprint density at radius 2 is 1.83 bits per heavy atom. The highest BCUT2D eigenvalue weighted by molar-refractivity contribution is 4.94. The standard InChI is InChI=1S/C16H32N2/c1-13(2)15-7-9-16(12-17,10-8-15)18-11-3-4-14-5-6-14/h13-15,18H,3-12,17H2,1-2H3. The van der Waals surface area contributed by atoms with Crippen LogP contribution in [0.3, 0.4) is 0 Å². The van der Waals surface area contributed by atoms with Crippen LogP contribution < -0.4 is 11.1 Å². The van der Waals surface area contributed by atoms with E-state index in [4.69, 9.17) is 5.73 Å². The molecule has 0 aromatic rings. The predicted octanol–water partition coefficient (Wildman–Crippen LogP) is 3.31. The Morgan fingerprint density at radius 1 is 1.17 bits per heavy atom. The second kappa shape index (κ2) is 6.38. The lowest BCUT2D eigenvalue weighted by Crippen LogP contribution is -2.53. The highest BCUT2D eigenvalue weighted by Crippen LogP contribution is 2.36. The molecule has 0 aromatic heterocycles. The smallest absolute Gasteiger partial charge is 0.0304 e. The molecule has 2 fully saturated rings. The average molecular weight is 252 g/mol. The maximum Gasteiger partial charge on any atom is 0.0304 e. The van der Waals surface area contributed by atoms with E-state index in [1.807, 2.05) is 0 Å². The Balaban J connectivity index is 1.69. The molecule has 0 atom stereocenters. The molecule has 0 heterocycles. The number of hydrogen-bond donors (Lipinski definition) is 2. The van der Waals surface area contributed by atoms with E-state index < -0.39 is 0 Å². The molecule has 106 valence electrons. The minimum Gasteiger partial charge on any atom is -0.329 e. The maximum absolute atomic E-state index is 6.05. The van der Waals surface area contributed by atoms with Gasteiger partial charge in [0.25, 0.3) is 0 Å². The van der Waals surface area contributed by atoms with Crippen LogP contribution in [-0.2, 0) is 0 Å². The Kier molecular flexibility index (Phi) is 5.08. The van der Waals surface area contributed by atoms with Crippen LogP contribution in [0.5, 0.6) is 0 Å². The topological polar surface area (TPSA) is 38.0 Å². The summed E-state index contributed by atoms with van der Waals surface area (Å²) in [5.41, 5.74) is 6.32. The van der Waals surface area contributed by atoms with Crippen molar-refractivity contribution in [3.8, 4) is 0 Å². The van der Waals surface area contributed by atoms with Gasteiger partial charge in [0.2, 0.25) is 0 Å². The third-order valence-electron chi connectivity index (χ3n) is 5.31. The zero-order valence-electron chi connectivity index (χ0n) is 12.4. The van der Waals surface area contributed by atoms with E-state index in [1.54, 1.807) is 0 Å². The van der Waals surface area contributed by atoms with Crippen LogP contribution in [0.4, 0.5) is 0 Å². The molecule has 0 aromatic carbocycles. The molecule has 2 aliphatic rings. The van der Waals surface area contributed by atoms with Gasteiger partial charge in [0.05, 0.1) is 0 Å². The molecule has 0 saturated heterocycles. The molecule has 0 radical (unpaired) electrons. The van der Waals surface area contributed by atoms with E-state index in [1.165, 1.54) is 57.9 Å². The van der Waals surface area contributed by atoms with Crippen LogP contribution in [0.1, 0.15) is 65.2 Å². The van der Waals surface area contributed by atoms with Crippen molar-refractivity contribution < 1.29 is 0 Å². The fraction of sp³-hybridized carbons (Fsp3) is 1.00. The van der Waals surface area contributed by atoms with Crippen LogP contribution in [0.15, 0.2) is 0 Å². The normalized spacial score (nSPS) is 33.0. The molecule has 2 aliphatic carbocycles. The first-order valence-electron chi connectivity index (χ1n) is 8.10. The van der Waals surface area contributed by atoms with Gasteiger partial charge in [0, 0.05) is 12.1 Å². The number of hydrogen-bond acceptors (Lipinski definition) is 2. The molecular formula is C16H32N2. The zero-order chi connectivity index (χ0) is 13.0. The largest absolute Gasteiger partial charge is 0.329 e. The van der Waals surface area contributed by atoms with Crippen molar-refractivity contribution in [1.82, 2.24) is 5.32 Å². The van der Waals surface area contributed by atoms with E-state index in [0.717, 1.165) is 24.3 Å². The molecule has 0 amide bonds. The fourth-order valence-corrected chi connectivity index (χ4v) is 3.46. The van der Waals surface area contributed by atoms with Gasteiger partial charge in [-0.15, -0.1) is 0 Å². The second-order valence-electron chi connectivity index (χ2n) is 7.08. The Labute approximate surface area is 113 Å². The number of nitrogens with one attached hydrogen (secondary N) is 1. The summed E-state index contributed by atoms with van der Waals surface area (Å²) in [5, 5.41) is 3.80. The van der Waals surface area contributed by atoms with Crippen LogP contribution in [-0.4, -0.2) is 18.6 Å². The summed E-state index contributed by atoms with van der Waals surface area (Å²) < 4.78 is 0. The van der Waals surface area contributed by atoms with Gasteiger partial charge in [-0.25, -0.2) is 0 Å². The van der Waals surface area contributed by atoms with Crippen molar-refractivity contribution in [1.29, 1.82) is 0 Å². The molecule has 18 heavy (non-hydrogen) atoms. The van der Waals surface area contributed by atoms with Crippen molar-refractivity contribution in [3.63, 3.8) is 0 Å². The highest BCUT2D eigenvalue weighted by atomic mass is 15.0. The van der Waals surface area contributed by atoms with Gasteiger partial charge in [-0.1, -0.05) is 26.7 Å². The van der Waals surface area contributed by atoms with Crippen molar-refractivity contribution in [2.24, 2.45) is 23.5 Å². The van der Waals surface area contributed by atoms with Crippen LogP contribution >= 0.6 is 0 Å². The van der Waals surface area contributed by atoms with Crippen LogP contribution in [0, 0.1) is 17.8 Å². The summed E-state index contributed by atoms with van der Waals surface area (Å²) in [6, 6.07) is 0. The Hall–Kier alpha value is -0.0800. The molecule has 0 spiro atoms. The van der Waals surface area contributed by atoms with E-state index in [2.05, 4.69) is 19.2 Å². The van der Waals surface area contributed by atoms with E-state index in [9.17, 15) is 0 Å². The van der Waals surface area contributed by atoms with Crippen LogP contribution in [0.2, 0.25) is 0 Å². The molecule has 2 nitrogen and oxygen atoms in total. The summed E-state index contributed by atoms with van der Waals surface area (Å²) in [7, 11) is 0. The van der Waals surface area contributed by atoms with E-state index in [0.29, 0.717) is 0 Å². The lowest BCUT2D eigenvalue weighted by Gasteiger charge is -2.41. The minimum atomic E-state index is 0.273. The third kappa shape index (κ3) is 3.96. The van der Waals surface area contributed by atoms with Crippen molar-refractivity contribution in [3.05, 3.63) is 0 Å². The average Bonchev–Trinajstić information content (AvgIpc) is 3.19. The molecule has 0 bridgehead atoms. The monoisotopic (exact) mass is 252 g/mol. The summed E-state index contributed by atoms with van der Waals surface area (Å²) in [5.74, 6) is 2.84. The Morgan fingerprint density at radius 3 is 2.33 bits per heavy atom. The van der Waals surface area contributed by atoms with Gasteiger partial charge in [-0.05, 0) is 62.8 Å². The highest BCUT2D eigenvalue weighted by Gasteiger charge is 2.34. The van der Waals surface area contributed by atoms with Gasteiger partial charge in [-0.3, -0.25) is 0 Å². The molecule has 0 unspecified atom stereocenters. The fourth-order valence-electron chi connectivity index (χ4n) is 3.46. The van der Waals surface area contributed by atoms with Crippen molar-refractivity contribution >= 4 is 0 Å². The van der Waals surface area contributed by atoms with Gasteiger partial charge in [0.15, 0.2) is 0 Å². The Bertz CT molecular complexity index is 237. The maximum atomic E-state index is 6.05.